The Morgan fingerprint density at radius 1 is 0.380 bits per heavy atom. The Balaban J connectivity index is 1.20. The lowest BCUT2D eigenvalue weighted by atomic mass is 9.97. The van der Waals surface area contributed by atoms with E-state index in [0.717, 1.165) is 94.3 Å². The van der Waals surface area contributed by atoms with Crippen molar-refractivity contribution < 1.29 is 8.83 Å². The van der Waals surface area contributed by atoms with Crippen molar-refractivity contribution >= 4 is 43.9 Å². The summed E-state index contributed by atoms with van der Waals surface area (Å²) >= 11 is 0. The molecule has 4 aromatic heterocycles. The fourth-order valence-corrected chi connectivity index (χ4v) is 6.98. The van der Waals surface area contributed by atoms with Gasteiger partial charge in [0.2, 0.25) is 0 Å². The Morgan fingerprint density at radius 2 is 1.04 bits per heavy atom. The van der Waals surface area contributed by atoms with Gasteiger partial charge < -0.3 is 8.83 Å². The van der Waals surface area contributed by atoms with Crippen molar-refractivity contribution in [1.82, 2.24) is 15.0 Å². The van der Waals surface area contributed by atoms with Crippen molar-refractivity contribution in [3.63, 3.8) is 0 Å². The van der Waals surface area contributed by atoms with Crippen molar-refractivity contribution in [3.8, 4) is 56.3 Å². The second-order valence-electron chi connectivity index (χ2n) is 12.4. The monoisotopic (exact) mass is 641 g/mol. The minimum Gasteiger partial charge on any atom is -0.456 e. The minimum absolute atomic E-state index is 0.625. The molecule has 0 bridgehead atoms. The predicted octanol–water partition coefficient (Wildman–Crippen LogP) is 12.0. The van der Waals surface area contributed by atoms with E-state index in [9.17, 15) is 0 Å². The van der Waals surface area contributed by atoms with Crippen LogP contribution in [0, 0.1) is 0 Å². The molecule has 0 aliphatic carbocycles. The van der Waals surface area contributed by atoms with Crippen LogP contribution in [0.25, 0.3) is 100 Å². The zero-order valence-electron chi connectivity index (χ0n) is 26.7. The van der Waals surface area contributed by atoms with E-state index < -0.39 is 0 Å². The van der Waals surface area contributed by atoms with Gasteiger partial charge in [0.05, 0.1) is 17.1 Å². The third kappa shape index (κ3) is 4.67. The van der Waals surface area contributed by atoms with E-state index in [1.807, 2.05) is 79.0 Å². The van der Waals surface area contributed by atoms with E-state index >= 15 is 0 Å². The molecular formula is C45H27N3O2. The summed E-state index contributed by atoms with van der Waals surface area (Å²) in [5.41, 5.74) is 11.8. The second kappa shape index (κ2) is 11.4. The number of aromatic nitrogens is 3. The molecule has 0 fully saturated rings. The molecule has 50 heavy (non-hydrogen) atoms. The first-order valence-electron chi connectivity index (χ1n) is 16.6. The maximum Gasteiger partial charge on any atom is 0.161 e. The van der Waals surface area contributed by atoms with Crippen LogP contribution in [0.1, 0.15) is 0 Å². The van der Waals surface area contributed by atoms with E-state index in [-0.39, 0.29) is 0 Å². The smallest absolute Gasteiger partial charge is 0.161 e. The summed E-state index contributed by atoms with van der Waals surface area (Å²) in [7, 11) is 0. The van der Waals surface area contributed by atoms with Gasteiger partial charge in [-0.25, -0.2) is 9.97 Å². The molecular weight excluding hydrogens is 615 g/mol. The average molecular weight is 642 g/mol. The standard InChI is InChI=1S/C45H27N3O2/c1-2-11-28(12-3-1)38-27-39(31-14-10-13-30(25-31)37-17-8-9-24-46-37)48-45(47-38)36-23-22-32(44-43(36)35-16-5-7-19-41(35)50-44)29-20-21-34-33-15-4-6-18-40(33)49-42(34)26-29/h1-27H. The number of hydrogen-bond donors (Lipinski definition) is 0. The van der Waals surface area contributed by atoms with Gasteiger partial charge in [-0.15, -0.1) is 0 Å². The Hall–Kier alpha value is -6.85. The molecule has 6 aromatic carbocycles. The largest absolute Gasteiger partial charge is 0.456 e. The summed E-state index contributed by atoms with van der Waals surface area (Å²) in [6.45, 7) is 0. The number of fused-ring (bicyclic) bond motifs is 6. The first-order chi connectivity index (χ1) is 24.8. The molecule has 234 valence electrons. The summed E-state index contributed by atoms with van der Waals surface area (Å²) in [5.74, 6) is 0.625. The molecule has 0 N–H and O–H groups in total. The molecule has 0 radical (unpaired) electrons. The molecule has 4 heterocycles. The lowest BCUT2D eigenvalue weighted by molar-refractivity contribution is 0.668. The summed E-state index contributed by atoms with van der Waals surface area (Å²) in [4.78, 5) is 15.0. The van der Waals surface area contributed by atoms with Crippen molar-refractivity contribution in [3.05, 3.63) is 164 Å². The van der Waals surface area contributed by atoms with E-state index in [2.05, 4.69) is 89.9 Å². The number of para-hydroxylation sites is 2. The van der Waals surface area contributed by atoms with Crippen LogP contribution >= 0.6 is 0 Å². The number of pyridine rings is 1. The summed E-state index contributed by atoms with van der Waals surface area (Å²) in [5, 5.41) is 4.18. The maximum atomic E-state index is 6.67. The highest BCUT2D eigenvalue weighted by Crippen LogP contribution is 2.43. The molecule has 0 aliphatic heterocycles. The number of hydrogen-bond acceptors (Lipinski definition) is 5. The van der Waals surface area contributed by atoms with E-state index in [1.54, 1.807) is 0 Å². The molecule has 0 saturated carbocycles. The normalized spacial score (nSPS) is 11.6. The van der Waals surface area contributed by atoms with Gasteiger partial charge >= 0.3 is 0 Å². The lowest BCUT2D eigenvalue weighted by Crippen LogP contribution is -1.97. The highest BCUT2D eigenvalue weighted by Gasteiger charge is 2.21. The van der Waals surface area contributed by atoms with Gasteiger partial charge in [-0.1, -0.05) is 97.1 Å². The van der Waals surface area contributed by atoms with Crippen LogP contribution in [-0.4, -0.2) is 15.0 Å². The molecule has 5 heteroatoms. The average Bonchev–Trinajstić information content (AvgIpc) is 3.77. The Bertz CT molecular complexity index is 2870. The topological polar surface area (TPSA) is 65.0 Å². The van der Waals surface area contributed by atoms with Gasteiger partial charge in [0, 0.05) is 55.6 Å². The molecule has 0 saturated heterocycles. The van der Waals surface area contributed by atoms with Gasteiger partial charge in [0.15, 0.2) is 5.82 Å². The summed E-state index contributed by atoms with van der Waals surface area (Å²) in [6, 6.07) is 53.6. The third-order valence-electron chi connectivity index (χ3n) is 9.37. The van der Waals surface area contributed by atoms with Crippen molar-refractivity contribution in [2.45, 2.75) is 0 Å². The van der Waals surface area contributed by atoms with Crippen molar-refractivity contribution in [2.75, 3.05) is 0 Å². The molecule has 0 unspecified atom stereocenters. The van der Waals surface area contributed by atoms with Crippen LogP contribution < -0.4 is 0 Å². The third-order valence-corrected chi connectivity index (χ3v) is 9.37. The summed E-state index contributed by atoms with van der Waals surface area (Å²) < 4.78 is 12.9. The first-order valence-corrected chi connectivity index (χ1v) is 16.6. The highest BCUT2D eigenvalue weighted by atomic mass is 16.3. The molecule has 5 nitrogen and oxygen atoms in total. The van der Waals surface area contributed by atoms with Gasteiger partial charge in [0.25, 0.3) is 0 Å². The van der Waals surface area contributed by atoms with Gasteiger partial charge in [-0.3, -0.25) is 4.98 Å². The quantitative estimate of drug-likeness (QED) is 0.187. The molecule has 0 atom stereocenters. The molecule has 0 spiro atoms. The number of nitrogens with zero attached hydrogens (tertiary/aromatic N) is 3. The Morgan fingerprint density at radius 3 is 1.86 bits per heavy atom. The van der Waals surface area contributed by atoms with Crippen LogP contribution in [0.2, 0.25) is 0 Å². The minimum atomic E-state index is 0.625. The molecule has 10 aromatic rings. The maximum absolute atomic E-state index is 6.67. The molecule has 0 aliphatic rings. The summed E-state index contributed by atoms with van der Waals surface area (Å²) in [6.07, 6.45) is 1.82. The fourth-order valence-electron chi connectivity index (χ4n) is 6.98. The first kappa shape index (κ1) is 28.2. The second-order valence-corrected chi connectivity index (χ2v) is 12.4. The van der Waals surface area contributed by atoms with Crippen LogP contribution in [-0.2, 0) is 0 Å². The van der Waals surface area contributed by atoms with Crippen molar-refractivity contribution in [1.29, 1.82) is 0 Å². The Kier molecular flexibility index (Phi) is 6.42. The SMILES string of the molecule is c1ccc(-c2cc(-c3cccc(-c4ccccn4)c3)nc(-c3ccc(-c4ccc5c(c4)oc4ccccc45)c4oc5ccccc5c34)n2)cc1. The van der Waals surface area contributed by atoms with Gasteiger partial charge in [0.1, 0.15) is 22.3 Å². The van der Waals surface area contributed by atoms with Crippen LogP contribution in [0.4, 0.5) is 0 Å². The van der Waals surface area contributed by atoms with E-state index in [0.29, 0.717) is 5.82 Å². The highest BCUT2D eigenvalue weighted by molar-refractivity contribution is 6.16. The van der Waals surface area contributed by atoms with Gasteiger partial charge in [-0.05, 0) is 66.2 Å². The molecule has 0 amide bonds. The van der Waals surface area contributed by atoms with Gasteiger partial charge in [-0.2, -0.15) is 0 Å². The zero-order chi connectivity index (χ0) is 33.0. The zero-order valence-corrected chi connectivity index (χ0v) is 26.7. The van der Waals surface area contributed by atoms with Crippen LogP contribution in [0.3, 0.4) is 0 Å². The number of rotatable bonds is 5. The van der Waals surface area contributed by atoms with Crippen LogP contribution in [0.5, 0.6) is 0 Å². The van der Waals surface area contributed by atoms with E-state index in [4.69, 9.17) is 18.8 Å². The van der Waals surface area contributed by atoms with Crippen LogP contribution in [0.15, 0.2) is 173 Å². The lowest BCUT2D eigenvalue weighted by Gasteiger charge is -2.12. The fraction of sp³-hybridized carbons (Fsp3) is 0. The molecule has 10 rings (SSSR count). The number of benzene rings is 6. The number of furan rings is 2. The van der Waals surface area contributed by atoms with Crippen molar-refractivity contribution in [2.24, 2.45) is 0 Å². The predicted molar refractivity (Wildman–Crippen MR) is 202 cm³/mol. The van der Waals surface area contributed by atoms with E-state index in [1.165, 1.54) is 0 Å². The Labute approximate surface area is 287 Å².